The van der Waals surface area contributed by atoms with Crippen molar-refractivity contribution in [2.45, 2.75) is 31.2 Å². The van der Waals surface area contributed by atoms with E-state index in [4.69, 9.17) is 5.73 Å². The Kier molecular flexibility index (Phi) is 4.01. The minimum atomic E-state index is -3.71. The summed E-state index contributed by atoms with van der Waals surface area (Å²) < 4.78 is 26.7. The van der Waals surface area contributed by atoms with Crippen LogP contribution >= 0.6 is 0 Å². The van der Waals surface area contributed by atoms with Crippen molar-refractivity contribution in [2.24, 2.45) is 0 Å². The SMILES string of the molecule is CCC1C(=O)NCCN1S(=O)(=O)c1cc(C)cc(N)c1. The van der Waals surface area contributed by atoms with Crippen LogP contribution in [0.5, 0.6) is 0 Å². The van der Waals surface area contributed by atoms with Crippen molar-refractivity contribution < 1.29 is 13.2 Å². The van der Waals surface area contributed by atoms with E-state index in [0.29, 0.717) is 18.7 Å². The minimum Gasteiger partial charge on any atom is -0.399 e. The number of nitrogens with zero attached hydrogens (tertiary/aromatic N) is 1. The number of aryl methyl sites for hydroxylation is 1. The van der Waals surface area contributed by atoms with Gasteiger partial charge in [-0.1, -0.05) is 6.92 Å². The molecule has 0 spiro atoms. The molecule has 1 aromatic carbocycles. The number of hydrogen-bond donors (Lipinski definition) is 2. The molecule has 1 aliphatic rings. The Balaban J connectivity index is 2.45. The van der Waals surface area contributed by atoms with Crippen LogP contribution in [0, 0.1) is 6.92 Å². The molecule has 1 atom stereocenters. The summed E-state index contributed by atoms with van der Waals surface area (Å²) in [5.74, 6) is -0.247. The van der Waals surface area contributed by atoms with E-state index < -0.39 is 16.1 Å². The van der Waals surface area contributed by atoms with Gasteiger partial charge < -0.3 is 11.1 Å². The molecule has 1 unspecified atom stereocenters. The molecule has 1 aromatic rings. The number of carbonyl (C=O) groups excluding carboxylic acids is 1. The smallest absolute Gasteiger partial charge is 0.243 e. The molecule has 7 heteroatoms. The number of benzene rings is 1. The first kappa shape index (κ1) is 14.8. The van der Waals surface area contributed by atoms with Crippen LogP contribution < -0.4 is 11.1 Å². The number of hydrogen-bond acceptors (Lipinski definition) is 4. The Morgan fingerprint density at radius 2 is 2.10 bits per heavy atom. The van der Waals surface area contributed by atoms with Gasteiger partial charge in [0, 0.05) is 18.8 Å². The van der Waals surface area contributed by atoms with E-state index >= 15 is 0 Å². The first-order valence-electron chi connectivity index (χ1n) is 6.53. The van der Waals surface area contributed by atoms with Gasteiger partial charge in [-0.3, -0.25) is 4.79 Å². The lowest BCUT2D eigenvalue weighted by molar-refractivity contribution is -0.126. The lowest BCUT2D eigenvalue weighted by Gasteiger charge is -2.33. The highest BCUT2D eigenvalue weighted by atomic mass is 32.2. The van der Waals surface area contributed by atoms with Crippen molar-refractivity contribution in [3.8, 4) is 0 Å². The van der Waals surface area contributed by atoms with Gasteiger partial charge in [0.25, 0.3) is 0 Å². The normalized spacial score (nSPS) is 20.7. The number of amides is 1. The summed E-state index contributed by atoms with van der Waals surface area (Å²) in [5, 5.41) is 2.69. The fraction of sp³-hybridized carbons (Fsp3) is 0.462. The third kappa shape index (κ3) is 2.64. The van der Waals surface area contributed by atoms with Gasteiger partial charge in [0.2, 0.25) is 15.9 Å². The molecule has 2 rings (SSSR count). The highest BCUT2D eigenvalue weighted by Crippen LogP contribution is 2.24. The summed E-state index contributed by atoms with van der Waals surface area (Å²) in [4.78, 5) is 11.9. The molecule has 0 radical (unpaired) electrons. The van der Waals surface area contributed by atoms with Gasteiger partial charge in [0.1, 0.15) is 6.04 Å². The third-order valence-corrected chi connectivity index (χ3v) is 5.23. The third-order valence-electron chi connectivity index (χ3n) is 3.35. The van der Waals surface area contributed by atoms with Gasteiger partial charge in [-0.25, -0.2) is 8.42 Å². The zero-order valence-electron chi connectivity index (χ0n) is 11.6. The van der Waals surface area contributed by atoms with E-state index in [1.54, 1.807) is 26.0 Å². The highest BCUT2D eigenvalue weighted by molar-refractivity contribution is 7.89. The molecule has 110 valence electrons. The molecule has 20 heavy (non-hydrogen) atoms. The zero-order chi connectivity index (χ0) is 14.9. The standard InChI is InChI=1S/C13H19N3O3S/c1-3-12-13(17)15-4-5-16(12)20(18,19)11-7-9(2)6-10(14)8-11/h6-8,12H,3-5,14H2,1-2H3,(H,15,17). The van der Waals surface area contributed by atoms with Gasteiger partial charge >= 0.3 is 0 Å². The minimum absolute atomic E-state index is 0.142. The summed E-state index contributed by atoms with van der Waals surface area (Å²) in [6, 6.07) is 4.06. The molecule has 0 aliphatic carbocycles. The number of piperazine rings is 1. The molecule has 0 aromatic heterocycles. The molecule has 1 aliphatic heterocycles. The first-order valence-corrected chi connectivity index (χ1v) is 7.97. The Hall–Kier alpha value is -1.60. The molecule has 3 N–H and O–H groups in total. The summed E-state index contributed by atoms with van der Waals surface area (Å²) in [6.45, 7) is 4.19. The summed E-state index contributed by atoms with van der Waals surface area (Å²) in [7, 11) is -3.71. The van der Waals surface area contributed by atoms with E-state index in [1.165, 1.54) is 10.4 Å². The van der Waals surface area contributed by atoms with Crippen molar-refractivity contribution >= 4 is 21.6 Å². The van der Waals surface area contributed by atoms with Crippen molar-refractivity contribution in [3.63, 3.8) is 0 Å². The molecule has 1 fully saturated rings. The van der Waals surface area contributed by atoms with E-state index in [1.807, 2.05) is 0 Å². The van der Waals surface area contributed by atoms with Crippen LogP contribution in [0.2, 0.25) is 0 Å². The molecule has 0 bridgehead atoms. The Labute approximate surface area is 119 Å². The topological polar surface area (TPSA) is 92.5 Å². The largest absolute Gasteiger partial charge is 0.399 e. The fourth-order valence-electron chi connectivity index (χ4n) is 2.43. The molecular formula is C13H19N3O3S. The monoisotopic (exact) mass is 297 g/mol. The highest BCUT2D eigenvalue weighted by Gasteiger charge is 2.37. The maximum Gasteiger partial charge on any atom is 0.243 e. The van der Waals surface area contributed by atoms with Crippen LogP contribution in [-0.2, 0) is 14.8 Å². The van der Waals surface area contributed by atoms with Gasteiger partial charge in [0.05, 0.1) is 4.90 Å². The Bertz CT molecular complexity index is 607. The predicted molar refractivity (Wildman–Crippen MR) is 76.6 cm³/mol. The number of nitrogens with one attached hydrogen (secondary N) is 1. The number of anilines is 1. The zero-order valence-corrected chi connectivity index (χ0v) is 12.4. The second kappa shape index (κ2) is 5.41. The van der Waals surface area contributed by atoms with E-state index in [9.17, 15) is 13.2 Å². The second-order valence-electron chi connectivity index (χ2n) is 4.91. The van der Waals surface area contributed by atoms with Crippen molar-refractivity contribution in [1.82, 2.24) is 9.62 Å². The molecule has 1 amide bonds. The number of nitrogen functional groups attached to an aromatic ring is 1. The quantitative estimate of drug-likeness (QED) is 0.794. The van der Waals surface area contributed by atoms with Gasteiger partial charge in [0.15, 0.2) is 0 Å². The molecular weight excluding hydrogens is 278 g/mol. The van der Waals surface area contributed by atoms with Gasteiger partial charge in [-0.2, -0.15) is 4.31 Å². The molecule has 0 saturated carbocycles. The van der Waals surface area contributed by atoms with Gasteiger partial charge in [-0.05, 0) is 37.1 Å². The summed E-state index contributed by atoms with van der Waals surface area (Å²) >= 11 is 0. The average molecular weight is 297 g/mol. The second-order valence-corrected chi connectivity index (χ2v) is 6.80. The van der Waals surface area contributed by atoms with Crippen molar-refractivity contribution in [3.05, 3.63) is 23.8 Å². The van der Waals surface area contributed by atoms with Crippen LogP contribution in [-0.4, -0.2) is 37.8 Å². The van der Waals surface area contributed by atoms with Crippen LogP contribution in [0.25, 0.3) is 0 Å². The van der Waals surface area contributed by atoms with E-state index in [-0.39, 0.29) is 17.3 Å². The maximum atomic E-state index is 12.7. The van der Waals surface area contributed by atoms with Gasteiger partial charge in [-0.15, -0.1) is 0 Å². The average Bonchev–Trinajstić information content (AvgIpc) is 2.37. The van der Waals surface area contributed by atoms with Crippen LogP contribution in [0.3, 0.4) is 0 Å². The molecule has 1 saturated heterocycles. The Morgan fingerprint density at radius 1 is 1.40 bits per heavy atom. The lowest BCUT2D eigenvalue weighted by atomic mass is 10.2. The fourth-order valence-corrected chi connectivity index (χ4v) is 4.23. The number of nitrogens with two attached hydrogens (primary N) is 1. The van der Waals surface area contributed by atoms with Crippen molar-refractivity contribution in [2.75, 3.05) is 18.8 Å². The molecule has 6 nitrogen and oxygen atoms in total. The summed E-state index contributed by atoms with van der Waals surface area (Å²) in [5.41, 5.74) is 6.89. The Morgan fingerprint density at radius 3 is 2.70 bits per heavy atom. The number of sulfonamides is 1. The van der Waals surface area contributed by atoms with Crippen LogP contribution in [0.15, 0.2) is 23.1 Å². The van der Waals surface area contributed by atoms with Crippen molar-refractivity contribution in [1.29, 1.82) is 0 Å². The van der Waals surface area contributed by atoms with Crippen LogP contribution in [0.4, 0.5) is 5.69 Å². The molecule has 1 heterocycles. The predicted octanol–water partition coefficient (Wildman–Crippen LogP) is 0.476. The lowest BCUT2D eigenvalue weighted by Crippen LogP contribution is -2.56. The number of carbonyl (C=O) groups is 1. The van der Waals surface area contributed by atoms with E-state index in [2.05, 4.69) is 5.32 Å². The first-order chi connectivity index (χ1) is 9.36. The van der Waals surface area contributed by atoms with E-state index in [0.717, 1.165) is 5.56 Å². The maximum absolute atomic E-state index is 12.7. The summed E-state index contributed by atoms with van der Waals surface area (Å²) in [6.07, 6.45) is 0.437. The number of rotatable bonds is 3. The van der Waals surface area contributed by atoms with Crippen LogP contribution in [0.1, 0.15) is 18.9 Å².